The molecule has 0 radical (unpaired) electrons. The van der Waals surface area contributed by atoms with Crippen LogP contribution in [-0.4, -0.2) is 47.9 Å². The molecule has 4 N–H and O–H groups in total. The Kier molecular flexibility index (Phi) is 9.34. The summed E-state index contributed by atoms with van der Waals surface area (Å²) in [4.78, 5) is 49.0. The number of hydrogen-bond donors (Lipinski definition) is 4. The van der Waals surface area contributed by atoms with Gasteiger partial charge >= 0.3 is 5.97 Å². The van der Waals surface area contributed by atoms with E-state index in [9.17, 15) is 19.2 Å². The van der Waals surface area contributed by atoms with Crippen molar-refractivity contribution in [3.05, 3.63) is 72.2 Å². The van der Waals surface area contributed by atoms with Crippen LogP contribution in [0.4, 0.5) is 0 Å². The first-order chi connectivity index (χ1) is 18.9. The van der Waals surface area contributed by atoms with E-state index < -0.39 is 17.9 Å². The van der Waals surface area contributed by atoms with Gasteiger partial charge in [0, 0.05) is 30.3 Å². The highest BCUT2D eigenvalue weighted by atomic mass is 16.4. The van der Waals surface area contributed by atoms with Crippen molar-refractivity contribution < 1.29 is 33.1 Å². The number of amides is 3. The molecule has 0 unspecified atom stereocenters. The Bertz CT molecular complexity index is 1390. The number of nitrogens with one attached hydrogen (secondary N) is 3. The Morgan fingerprint density at radius 2 is 1.31 bits per heavy atom. The lowest BCUT2D eigenvalue weighted by atomic mass is 10.1. The molecule has 39 heavy (non-hydrogen) atoms. The molecule has 10 nitrogen and oxygen atoms in total. The summed E-state index contributed by atoms with van der Waals surface area (Å²) < 4.78 is 11.2. The number of hydrogen-bond acceptors (Lipinski definition) is 6. The molecule has 0 bridgehead atoms. The zero-order chi connectivity index (χ0) is 27.6. The van der Waals surface area contributed by atoms with Crippen LogP contribution < -0.4 is 16.0 Å². The molecule has 0 saturated heterocycles. The summed E-state index contributed by atoms with van der Waals surface area (Å²) in [5.41, 5.74) is 1.19. The molecule has 0 saturated carbocycles. The minimum absolute atomic E-state index is 0.0872. The zero-order valence-corrected chi connectivity index (χ0v) is 21.4. The number of furan rings is 2. The highest BCUT2D eigenvalue weighted by Gasteiger charge is 2.23. The Morgan fingerprint density at radius 3 is 1.92 bits per heavy atom. The van der Waals surface area contributed by atoms with Gasteiger partial charge in [0.25, 0.3) is 11.8 Å². The fourth-order valence-corrected chi connectivity index (χ4v) is 4.19. The number of unbranched alkanes of at least 4 members (excludes halogenated alkanes) is 2. The van der Waals surface area contributed by atoms with Crippen molar-refractivity contribution in [2.24, 2.45) is 0 Å². The highest BCUT2D eigenvalue weighted by Crippen LogP contribution is 2.20. The molecular weight excluding hydrogens is 502 g/mol. The number of aliphatic carboxylic acids is 1. The average molecular weight is 534 g/mol. The van der Waals surface area contributed by atoms with Crippen molar-refractivity contribution in [3.63, 3.8) is 0 Å². The first kappa shape index (κ1) is 27.4. The molecule has 2 heterocycles. The van der Waals surface area contributed by atoms with Gasteiger partial charge in [0.1, 0.15) is 17.2 Å². The average Bonchev–Trinajstić information content (AvgIpc) is 3.56. The maximum absolute atomic E-state index is 12.9. The molecule has 0 fully saturated rings. The van der Waals surface area contributed by atoms with Gasteiger partial charge in [0.05, 0.1) is 0 Å². The van der Waals surface area contributed by atoms with Crippen LogP contribution in [0.2, 0.25) is 0 Å². The van der Waals surface area contributed by atoms with Crippen molar-refractivity contribution in [2.45, 2.75) is 44.6 Å². The molecule has 2 aromatic carbocycles. The summed E-state index contributed by atoms with van der Waals surface area (Å²) in [6.45, 7) is 0.633. The minimum Gasteiger partial charge on any atom is -0.481 e. The number of carbonyl (C=O) groups is 4. The molecule has 0 aliphatic heterocycles. The fraction of sp³-hybridized carbons (Fsp3) is 0.310. The molecule has 10 heteroatoms. The number of carboxylic acid groups (broad SMARTS) is 1. The van der Waals surface area contributed by atoms with E-state index in [1.807, 2.05) is 30.3 Å². The van der Waals surface area contributed by atoms with Gasteiger partial charge in [-0.1, -0.05) is 42.8 Å². The summed E-state index contributed by atoms with van der Waals surface area (Å²) in [5.74, 6) is -1.78. The van der Waals surface area contributed by atoms with Crippen LogP contribution in [0.25, 0.3) is 21.9 Å². The largest absolute Gasteiger partial charge is 0.481 e. The van der Waals surface area contributed by atoms with Crippen LogP contribution >= 0.6 is 0 Å². The lowest BCUT2D eigenvalue weighted by Gasteiger charge is -2.18. The molecule has 204 valence electrons. The van der Waals surface area contributed by atoms with Gasteiger partial charge in [0.2, 0.25) is 5.91 Å². The second-order valence-corrected chi connectivity index (χ2v) is 9.22. The lowest BCUT2D eigenvalue weighted by Crippen LogP contribution is -2.47. The SMILES string of the molecule is O=C(O)CCCCCNC(=O)[C@H](CCCNC(=O)c1cc2ccccc2o1)NC(=O)c1cc2ccccc2o1. The monoisotopic (exact) mass is 533 g/mol. The zero-order valence-electron chi connectivity index (χ0n) is 21.4. The molecule has 2 aromatic heterocycles. The van der Waals surface area contributed by atoms with E-state index in [0.29, 0.717) is 43.4 Å². The number of benzene rings is 2. The van der Waals surface area contributed by atoms with Crippen LogP contribution in [0.1, 0.15) is 59.6 Å². The van der Waals surface area contributed by atoms with Gasteiger partial charge in [-0.3, -0.25) is 19.2 Å². The van der Waals surface area contributed by atoms with Gasteiger partial charge in [-0.15, -0.1) is 0 Å². The number of carboxylic acids is 1. The molecule has 1 atom stereocenters. The number of para-hydroxylation sites is 2. The first-order valence-electron chi connectivity index (χ1n) is 13.0. The maximum atomic E-state index is 12.9. The van der Waals surface area contributed by atoms with Gasteiger partial charge in [-0.05, 0) is 49.9 Å². The van der Waals surface area contributed by atoms with Crippen LogP contribution in [-0.2, 0) is 9.59 Å². The van der Waals surface area contributed by atoms with E-state index in [2.05, 4.69) is 16.0 Å². The fourth-order valence-electron chi connectivity index (χ4n) is 4.19. The van der Waals surface area contributed by atoms with Gasteiger partial charge in [-0.2, -0.15) is 0 Å². The van der Waals surface area contributed by atoms with Gasteiger partial charge in [-0.25, -0.2) is 0 Å². The molecule has 0 aliphatic carbocycles. The smallest absolute Gasteiger partial charge is 0.303 e. The third kappa shape index (κ3) is 7.70. The third-order valence-electron chi connectivity index (χ3n) is 6.24. The molecular formula is C29H31N3O7. The third-order valence-corrected chi connectivity index (χ3v) is 6.24. The summed E-state index contributed by atoms with van der Waals surface area (Å²) in [5, 5.41) is 18.7. The predicted molar refractivity (Wildman–Crippen MR) is 144 cm³/mol. The molecule has 0 spiro atoms. The van der Waals surface area contributed by atoms with E-state index in [-0.39, 0.29) is 42.7 Å². The summed E-state index contributed by atoms with van der Waals surface area (Å²) in [7, 11) is 0. The van der Waals surface area contributed by atoms with E-state index in [1.165, 1.54) is 0 Å². The van der Waals surface area contributed by atoms with Crippen LogP contribution in [0.15, 0.2) is 69.5 Å². The molecule has 4 aromatic rings. The maximum Gasteiger partial charge on any atom is 0.303 e. The normalized spacial score (nSPS) is 11.8. The standard InChI is InChI=1S/C29H31N3O7/c33-26(34)14-2-1-7-15-30-27(35)21(32-29(37)25-18-20-10-4-6-13-23(20)39-25)11-8-16-31-28(36)24-17-19-9-3-5-12-22(19)38-24/h3-6,9-10,12-13,17-18,21H,1-2,7-8,11,14-16H2,(H,30,35)(H,31,36)(H,32,37)(H,33,34)/t21-/m0/s1. The van der Waals surface area contributed by atoms with Crippen molar-refractivity contribution in [3.8, 4) is 0 Å². The molecule has 4 rings (SSSR count). The molecule has 0 aliphatic rings. The summed E-state index contributed by atoms with van der Waals surface area (Å²) in [6.07, 6.45) is 2.60. The second-order valence-electron chi connectivity index (χ2n) is 9.22. The topological polar surface area (TPSA) is 151 Å². The Hall–Kier alpha value is -4.60. The molecule has 3 amide bonds. The van der Waals surface area contributed by atoms with Gasteiger partial charge < -0.3 is 29.9 Å². The van der Waals surface area contributed by atoms with Crippen molar-refractivity contribution >= 4 is 45.6 Å². The second kappa shape index (κ2) is 13.3. The highest BCUT2D eigenvalue weighted by molar-refractivity contribution is 5.99. The Morgan fingerprint density at radius 1 is 0.718 bits per heavy atom. The van der Waals surface area contributed by atoms with E-state index in [4.69, 9.17) is 13.9 Å². The van der Waals surface area contributed by atoms with E-state index >= 15 is 0 Å². The first-order valence-corrected chi connectivity index (χ1v) is 13.0. The Balaban J connectivity index is 1.31. The summed E-state index contributed by atoms with van der Waals surface area (Å²) >= 11 is 0. The van der Waals surface area contributed by atoms with Crippen LogP contribution in [0.3, 0.4) is 0 Å². The number of fused-ring (bicyclic) bond motifs is 2. The van der Waals surface area contributed by atoms with E-state index in [0.717, 1.165) is 10.8 Å². The number of rotatable bonds is 14. The van der Waals surface area contributed by atoms with E-state index in [1.54, 1.807) is 30.3 Å². The predicted octanol–water partition coefficient (Wildman–Crippen LogP) is 4.25. The minimum atomic E-state index is -0.854. The van der Waals surface area contributed by atoms with Crippen molar-refractivity contribution in [1.82, 2.24) is 16.0 Å². The van der Waals surface area contributed by atoms with Crippen LogP contribution in [0, 0.1) is 0 Å². The van der Waals surface area contributed by atoms with Crippen molar-refractivity contribution in [1.29, 1.82) is 0 Å². The quantitative estimate of drug-likeness (QED) is 0.177. The van der Waals surface area contributed by atoms with Crippen molar-refractivity contribution in [2.75, 3.05) is 13.1 Å². The number of carbonyl (C=O) groups excluding carboxylic acids is 3. The van der Waals surface area contributed by atoms with Gasteiger partial charge in [0.15, 0.2) is 11.5 Å². The lowest BCUT2D eigenvalue weighted by molar-refractivity contribution is -0.137. The van der Waals surface area contributed by atoms with Crippen LogP contribution in [0.5, 0.6) is 0 Å². The summed E-state index contributed by atoms with van der Waals surface area (Å²) in [6, 6.07) is 17.0. The Labute approximate surface area is 224 Å².